The number of carbonyl (C=O) groups excluding carboxylic acids is 3. The largest absolute Gasteiger partial charge is 0.757 e. The molecule has 1 saturated heterocycles. The van der Waals surface area contributed by atoms with E-state index in [2.05, 4.69) is 5.32 Å². The monoisotopic (exact) mass is 409 g/mol. The zero-order chi connectivity index (χ0) is 21.3. The van der Waals surface area contributed by atoms with Gasteiger partial charge in [-0.05, 0) is 24.4 Å². The van der Waals surface area contributed by atoms with Crippen LogP contribution in [0.25, 0.3) is 0 Å². The van der Waals surface area contributed by atoms with E-state index in [0.717, 1.165) is 0 Å². The SMILES string of the molecule is COC1=C2C(C(=O)C(=O)N3CCN(C(=O)c4ccccc4)CC3)=CNC2N([O-])C=C1. The van der Waals surface area contributed by atoms with E-state index in [1.165, 1.54) is 30.5 Å². The summed E-state index contributed by atoms with van der Waals surface area (Å²) in [5.74, 6) is -1.10. The molecule has 30 heavy (non-hydrogen) atoms. The molecule has 156 valence electrons. The van der Waals surface area contributed by atoms with Crippen molar-refractivity contribution < 1.29 is 19.1 Å². The smallest absolute Gasteiger partial charge is 0.295 e. The summed E-state index contributed by atoms with van der Waals surface area (Å²) in [7, 11) is 1.44. The molecule has 2 amide bonds. The Hall–Kier alpha value is -3.59. The lowest BCUT2D eigenvalue weighted by atomic mass is 9.99. The second-order valence-corrected chi connectivity index (χ2v) is 7.06. The molecular weight excluding hydrogens is 388 g/mol. The van der Waals surface area contributed by atoms with E-state index in [9.17, 15) is 19.6 Å². The minimum Gasteiger partial charge on any atom is -0.757 e. The Bertz CT molecular complexity index is 961. The van der Waals surface area contributed by atoms with Gasteiger partial charge in [0.15, 0.2) is 0 Å². The summed E-state index contributed by atoms with van der Waals surface area (Å²) in [6.45, 7) is 1.21. The van der Waals surface area contributed by atoms with Crippen LogP contribution < -0.4 is 5.32 Å². The van der Waals surface area contributed by atoms with Crippen LogP contribution in [0.3, 0.4) is 0 Å². The second kappa shape index (κ2) is 8.03. The molecule has 1 aromatic rings. The summed E-state index contributed by atoms with van der Waals surface area (Å²) < 4.78 is 5.27. The second-order valence-electron chi connectivity index (χ2n) is 7.06. The predicted molar refractivity (Wildman–Crippen MR) is 107 cm³/mol. The molecule has 1 atom stereocenters. The molecule has 0 radical (unpaired) electrons. The van der Waals surface area contributed by atoms with E-state index in [1.54, 1.807) is 29.2 Å². The van der Waals surface area contributed by atoms with Gasteiger partial charge in [-0.3, -0.25) is 14.4 Å². The molecule has 3 heterocycles. The molecule has 0 aliphatic carbocycles. The molecule has 9 heteroatoms. The fourth-order valence-electron chi connectivity index (χ4n) is 3.76. The Morgan fingerprint density at radius 3 is 2.40 bits per heavy atom. The average Bonchev–Trinajstić information content (AvgIpc) is 3.25. The Morgan fingerprint density at radius 1 is 1.07 bits per heavy atom. The van der Waals surface area contributed by atoms with Gasteiger partial charge in [0, 0.05) is 43.5 Å². The maximum atomic E-state index is 12.9. The molecule has 0 bridgehead atoms. The van der Waals surface area contributed by atoms with E-state index in [4.69, 9.17) is 4.74 Å². The molecule has 9 nitrogen and oxygen atoms in total. The average molecular weight is 409 g/mol. The van der Waals surface area contributed by atoms with Gasteiger partial charge in [0.2, 0.25) is 0 Å². The molecule has 0 spiro atoms. The van der Waals surface area contributed by atoms with Crippen LogP contribution in [0.4, 0.5) is 0 Å². The lowest BCUT2D eigenvalue weighted by molar-refractivity contribution is -0.143. The van der Waals surface area contributed by atoms with Crippen LogP contribution in [0.1, 0.15) is 10.4 Å². The number of carbonyl (C=O) groups is 3. The number of allylic oxidation sites excluding steroid dienone is 1. The molecule has 1 unspecified atom stereocenters. The minimum atomic E-state index is -0.794. The first-order valence-corrected chi connectivity index (χ1v) is 9.57. The third-order valence-corrected chi connectivity index (χ3v) is 5.38. The number of hydrogen-bond acceptors (Lipinski definition) is 7. The number of ketones is 1. The van der Waals surface area contributed by atoms with Gasteiger partial charge in [-0.2, -0.15) is 0 Å². The van der Waals surface area contributed by atoms with Crippen LogP contribution >= 0.6 is 0 Å². The first-order chi connectivity index (χ1) is 14.5. The summed E-state index contributed by atoms with van der Waals surface area (Å²) in [5, 5.41) is 15.5. The van der Waals surface area contributed by atoms with Crippen molar-refractivity contribution in [1.82, 2.24) is 20.2 Å². The number of fused-ring (bicyclic) bond motifs is 1. The molecule has 1 aromatic carbocycles. The highest BCUT2D eigenvalue weighted by Gasteiger charge is 2.38. The quantitative estimate of drug-likeness (QED) is 0.726. The van der Waals surface area contributed by atoms with Crippen molar-refractivity contribution in [1.29, 1.82) is 0 Å². The number of ether oxygens (including phenoxy) is 1. The summed E-state index contributed by atoms with van der Waals surface area (Å²) >= 11 is 0. The normalized spacial score (nSPS) is 20.5. The first-order valence-electron chi connectivity index (χ1n) is 9.57. The summed E-state index contributed by atoms with van der Waals surface area (Å²) in [6.07, 6.45) is 3.35. The van der Waals surface area contributed by atoms with Gasteiger partial charge in [-0.25, -0.2) is 0 Å². The Labute approximate surface area is 173 Å². The summed E-state index contributed by atoms with van der Waals surface area (Å²) in [5.41, 5.74) is 1.06. The van der Waals surface area contributed by atoms with E-state index >= 15 is 0 Å². The van der Waals surface area contributed by atoms with E-state index in [-0.39, 0.29) is 24.6 Å². The van der Waals surface area contributed by atoms with Gasteiger partial charge in [-0.15, -0.1) is 0 Å². The molecule has 0 aromatic heterocycles. The molecule has 3 aliphatic rings. The lowest BCUT2D eigenvalue weighted by Crippen LogP contribution is -2.52. The zero-order valence-corrected chi connectivity index (χ0v) is 16.4. The standard InChI is InChI=1S/C21H21N4O5/c1-30-16-7-8-25(29)19-17(16)15(13-22-19)18(26)21(28)24-11-9-23(10-12-24)20(27)14-5-3-2-4-6-14/h2-8,13,19,22H,9-12H2,1H3/q-1. The highest BCUT2D eigenvalue weighted by Crippen LogP contribution is 2.31. The van der Waals surface area contributed by atoms with Crippen LogP contribution in [0, 0.1) is 5.21 Å². The van der Waals surface area contributed by atoms with Crippen molar-refractivity contribution in [3.63, 3.8) is 0 Å². The summed E-state index contributed by atoms with van der Waals surface area (Å²) in [4.78, 5) is 41.4. The zero-order valence-electron chi connectivity index (χ0n) is 16.4. The van der Waals surface area contributed by atoms with Crippen molar-refractivity contribution in [2.75, 3.05) is 33.3 Å². The molecule has 4 rings (SSSR count). The molecule has 1 fully saturated rings. The first kappa shape index (κ1) is 19.7. The summed E-state index contributed by atoms with van der Waals surface area (Å²) in [6, 6.07) is 8.94. The van der Waals surface area contributed by atoms with Crippen molar-refractivity contribution in [3.8, 4) is 0 Å². The van der Waals surface area contributed by atoms with Gasteiger partial charge < -0.3 is 30.1 Å². The van der Waals surface area contributed by atoms with Crippen LogP contribution in [0.2, 0.25) is 0 Å². The maximum Gasteiger partial charge on any atom is 0.295 e. The number of Topliss-reactive ketones (excluding diaryl/α,β-unsaturated/α-hetero) is 1. The fraction of sp³-hybridized carbons (Fsp3) is 0.286. The number of benzene rings is 1. The number of rotatable bonds is 4. The van der Waals surface area contributed by atoms with Crippen molar-refractivity contribution in [2.24, 2.45) is 0 Å². The van der Waals surface area contributed by atoms with Gasteiger partial charge in [0.25, 0.3) is 17.6 Å². The number of nitrogens with one attached hydrogen (secondary N) is 1. The molecule has 0 saturated carbocycles. The highest BCUT2D eigenvalue weighted by atomic mass is 16.5. The van der Waals surface area contributed by atoms with Gasteiger partial charge in [-0.1, -0.05) is 18.2 Å². The number of hydrogen-bond donors (Lipinski definition) is 1. The molecule has 3 aliphatic heterocycles. The van der Waals surface area contributed by atoms with Gasteiger partial charge >= 0.3 is 0 Å². The number of amides is 2. The third kappa shape index (κ3) is 3.43. The molecular formula is C21H21N4O5-. The van der Waals surface area contributed by atoms with Crippen LogP contribution in [0.15, 0.2) is 65.7 Å². The van der Waals surface area contributed by atoms with Crippen LogP contribution in [0.5, 0.6) is 0 Å². The topological polar surface area (TPSA) is 105 Å². The maximum absolute atomic E-state index is 12.9. The Morgan fingerprint density at radius 2 is 1.73 bits per heavy atom. The van der Waals surface area contributed by atoms with Gasteiger partial charge in [0.1, 0.15) is 11.9 Å². The highest BCUT2D eigenvalue weighted by molar-refractivity contribution is 6.43. The van der Waals surface area contributed by atoms with Crippen molar-refractivity contribution in [2.45, 2.75) is 6.17 Å². The van der Waals surface area contributed by atoms with E-state index in [1.807, 2.05) is 6.07 Å². The number of hydroxylamine groups is 2. The van der Waals surface area contributed by atoms with E-state index in [0.29, 0.717) is 35.0 Å². The number of methoxy groups -OCH3 is 1. The van der Waals surface area contributed by atoms with Gasteiger partial charge in [0.05, 0.1) is 12.7 Å². The fourth-order valence-corrected chi connectivity index (χ4v) is 3.76. The Balaban J connectivity index is 1.42. The lowest BCUT2D eigenvalue weighted by Gasteiger charge is -2.38. The Kier molecular flexibility index (Phi) is 5.28. The third-order valence-electron chi connectivity index (χ3n) is 5.38. The predicted octanol–water partition coefficient (Wildman–Crippen LogP) is 0.581. The van der Waals surface area contributed by atoms with Crippen LogP contribution in [-0.4, -0.2) is 71.9 Å². The molecule has 1 N–H and O–H groups in total. The number of piperazine rings is 1. The minimum absolute atomic E-state index is 0.0982. The van der Waals surface area contributed by atoms with Crippen molar-refractivity contribution >= 4 is 17.6 Å². The van der Waals surface area contributed by atoms with Crippen molar-refractivity contribution in [3.05, 3.63) is 76.5 Å². The van der Waals surface area contributed by atoms with E-state index < -0.39 is 17.9 Å². The van der Waals surface area contributed by atoms with Crippen LogP contribution in [-0.2, 0) is 14.3 Å². The number of nitrogens with zero attached hydrogens (tertiary/aromatic N) is 3.